The summed E-state index contributed by atoms with van der Waals surface area (Å²) in [6, 6.07) is 4.53. The van der Waals surface area contributed by atoms with Gasteiger partial charge in [-0.1, -0.05) is 18.6 Å². The summed E-state index contributed by atoms with van der Waals surface area (Å²) in [5.41, 5.74) is 0.394. The smallest absolute Gasteiger partial charge is 0.163 e. The number of Topliss-reactive ketones (excluding diaryl/α,β-unsaturated/α-hetero) is 1. The third-order valence-corrected chi connectivity index (χ3v) is 4.89. The largest absolute Gasteiger partial charge is 0.299 e. The predicted octanol–water partition coefficient (Wildman–Crippen LogP) is 3.69. The van der Waals surface area contributed by atoms with E-state index in [1.165, 1.54) is 0 Å². The highest BCUT2D eigenvalue weighted by Crippen LogP contribution is 2.33. The van der Waals surface area contributed by atoms with Crippen molar-refractivity contribution >= 4 is 5.78 Å². The Morgan fingerprint density at radius 2 is 2.00 bits per heavy atom. The fourth-order valence-electron chi connectivity index (χ4n) is 3.81. The van der Waals surface area contributed by atoms with Crippen molar-refractivity contribution in [3.8, 4) is 0 Å². The first-order valence-electron chi connectivity index (χ1n) is 7.86. The zero-order valence-electron chi connectivity index (χ0n) is 12.2. The molecule has 0 amide bonds. The van der Waals surface area contributed by atoms with Crippen LogP contribution in [0.2, 0.25) is 0 Å². The Morgan fingerprint density at radius 1 is 1.14 bits per heavy atom. The molecule has 2 fully saturated rings. The molecule has 1 heterocycles. The Kier molecular flexibility index (Phi) is 4.34. The van der Waals surface area contributed by atoms with Crippen LogP contribution in [0.3, 0.4) is 0 Å². The van der Waals surface area contributed by atoms with Crippen molar-refractivity contribution in [2.75, 3.05) is 6.54 Å². The zero-order chi connectivity index (χ0) is 14.8. The number of halogens is 2. The van der Waals surface area contributed by atoms with Crippen LogP contribution in [0.5, 0.6) is 0 Å². The molecule has 1 saturated heterocycles. The number of hydrogen-bond donors (Lipinski definition) is 0. The average Bonchev–Trinajstić information content (AvgIpc) is 2.92. The maximum Gasteiger partial charge on any atom is 0.163 e. The number of hydrogen-bond acceptors (Lipinski definition) is 2. The molecule has 2 unspecified atom stereocenters. The number of carbonyl (C=O) groups excluding carboxylic acids is 1. The molecular weight excluding hydrogens is 272 g/mol. The van der Waals surface area contributed by atoms with Crippen molar-refractivity contribution in [2.24, 2.45) is 5.92 Å². The molecule has 0 spiro atoms. The second kappa shape index (κ2) is 6.22. The first-order valence-corrected chi connectivity index (χ1v) is 7.86. The summed E-state index contributed by atoms with van der Waals surface area (Å²) >= 11 is 0. The van der Waals surface area contributed by atoms with Crippen LogP contribution in [0.15, 0.2) is 18.2 Å². The summed E-state index contributed by atoms with van der Waals surface area (Å²) in [6.45, 7) is 1.27. The molecule has 0 bridgehead atoms. The van der Waals surface area contributed by atoms with Crippen molar-refractivity contribution in [1.29, 1.82) is 0 Å². The van der Waals surface area contributed by atoms with Crippen LogP contribution in [0.1, 0.15) is 44.1 Å². The highest BCUT2D eigenvalue weighted by atomic mass is 19.2. The van der Waals surface area contributed by atoms with Gasteiger partial charge in [-0.25, -0.2) is 8.78 Å². The summed E-state index contributed by atoms with van der Waals surface area (Å²) in [7, 11) is 0. The van der Waals surface area contributed by atoms with E-state index in [0.29, 0.717) is 24.3 Å². The van der Waals surface area contributed by atoms with Gasteiger partial charge in [0.05, 0.1) is 0 Å². The predicted molar refractivity (Wildman–Crippen MR) is 76.8 cm³/mol. The molecule has 2 atom stereocenters. The molecule has 2 aliphatic rings. The van der Waals surface area contributed by atoms with E-state index in [4.69, 9.17) is 0 Å². The van der Waals surface area contributed by atoms with Gasteiger partial charge in [-0.15, -0.1) is 0 Å². The lowest BCUT2D eigenvalue weighted by molar-refractivity contribution is -0.126. The minimum Gasteiger partial charge on any atom is -0.299 e. The minimum atomic E-state index is -0.794. The van der Waals surface area contributed by atoms with Gasteiger partial charge in [0.15, 0.2) is 11.6 Å². The van der Waals surface area contributed by atoms with E-state index in [2.05, 4.69) is 4.90 Å². The Labute approximate surface area is 124 Å². The van der Waals surface area contributed by atoms with E-state index in [0.717, 1.165) is 44.7 Å². The number of likely N-dealkylation sites (tertiary alicyclic amines) is 1. The maximum absolute atomic E-state index is 13.8. The molecule has 3 rings (SSSR count). The van der Waals surface area contributed by atoms with Crippen LogP contribution >= 0.6 is 0 Å². The summed E-state index contributed by atoms with van der Waals surface area (Å²) in [5, 5.41) is 0. The molecule has 4 heteroatoms. The fourth-order valence-corrected chi connectivity index (χ4v) is 3.81. The third kappa shape index (κ3) is 3.00. The summed E-state index contributed by atoms with van der Waals surface area (Å²) in [4.78, 5) is 14.3. The molecule has 1 aliphatic carbocycles. The molecular formula is C17H21F2NO. The summed E-state index contributed by atoms with van der Waals surface area (Å²) in [5.74, 6) is -1.09. The van der Waals surface area contributed by atoms with Gasteiger partial charge in [-0.2, -0.15) is 0 Å². The van der Waals surface area contributed by atoms with Crippen LogP contribution in [-0.2, 0) is 11.3 Å². The quantitative estimate of drug-likeness (QED) is 0.847. The molecule has 1 saturated carbocycles. The molecule has 1 aromatic rings. The first-order chi connectivity index (χ1) is 10.2. The summed E-state index contributed by atoms with van der Waals surface area (Å²) < 4.78 is 27.2. The fraction of sp³-hybridized carbons (Fsp3) is 0.588. The lowest BCUT2D eigenvalue weighted by atomic mass is 9.81. The SMILES string of the molecule is O=C1CCCCC1C1CCCN1Cc1cccc(F)c1F. The van der Waals surface area contributed by atoms with Gasteiger partial charge in [-0.05, 0) is 38.3 Å². The van der Waals surface area contributed by atoms with Gasteiger partial charge in [-0.3, -0.25) is 9.69 Å². The van der Waals surface area contributed by atoms with Crippen LogP contribution < -0.4 is 0 Å². The van der Waals surface area contributed by atoms with Crippen molar-refractivity contribution < 1.29 is 13.6 Å². The van der Waals surface area contributed by atoms with Crippen LogP contribution in [0, 0.1) is 17.6 Å². The average molecular weight is 293 g/mol. The number of benzene rings is 1. The lowest BCUT2D eigenvalue weighted by Gasteiger charge is -2.33. The lowest BCUT2D eigenvalue weighted by Crippen LogP contribution is -2.40. The van der Waals surface area contributed by atoms with Gasteiger partial charge >= 0.3 is 0 Å². The Balaban J connectivity index is 1.75. The molecule has 0 N–H and O–H groups in total. The number of carbonyl (C=O) groups is 1. The summed E-state index contributed by atoms with van der Waals surface area (Å²) in [6.07, 6.45) is 5.77. The Bertz CT molecular complexity index is 532. The molecule has 114 valence electrons. The molecule has 0 aromatic heterocycles. The van der Waals surface area contributed by atoms with Gasteiger partial charge in [0.2, 0.25) is 0 Å². The molecule has 1 aliphatic heterocycles. The van der Waals surface area contributed by atoms with E-state index < -0.39 is 11.6 Å². The van der Waals surface area contributed by atoms with Gasteiger partial charge in [0, 0.05) is 30.5 Å². The second-order valence-electron chi connectivity index (χ2n) is 6.21. The Hall–Kier alpha value is -1.29. The maximum atomic E-state index is 13.8. The van der Waals surface area contributed by atoms with E-state index in [-0.39, 0.29) is 12.0 Å². The number of nitrogens with zero attached hydrogens (tertiary/aromatic N) is 1. The number of rotatable bonds is 3. The van der Waals surface area contributed by atoms with Crippen molar-refractivity contribution in [3.63, 3.8) is 0 Å². The first kappa shape index (κ1) is 14.6. The standard InChI is InChI=1S/C17H21F2NO/c18-14-7-3-5-12(17(14)19)11-20-10-4-8-15(20)13-6-1-2-9-16(13)21/h3,5,7,13,15H,1-2,4,6,8-11H2. The second-order valence-corrected chi connectivity index (χ2v) is 6.21. The zero-order valence-corrected chi connectivity index (χ0v) is 12.2. The van der Waals surface area contributed by atoms with Crippen molar-refractivity contribution in [1.82, 2.24) is 4.90 Å². The normalized spacial score (nSPS) is 27.2. The molecule has 0 radical (unpaired) electrons. The van der Waals surface area contributed by atoms with E-state index >= 15 is 0 Å². The Morgan fingerprint density at radius 3 is 2.81 bits per heavy atom. The van der Waals surface area contributed by atoms with Gasteiger partial charge in [0.25, 0.3) is 0 Å². The molecule has 1 aromatic carbocycles. The third-order valence-electron chi connectivity index (χ3n) is 4.89. The highest BCUT2D eigenvalue weighted by molar-refractivity contribution is 5.82. The van der Waals surface area contributed by atoms with E-state index in [1.807, 2.05) is 0 Å². The van der Waals surface area contributed by atoms with Gasteiger partial charge < -0.3 is 0 Å². The minimum absolute atomic E-state index is 0.0953. The van der Waals surface area contributed by atoms with E-state index in [1.54, 1.807) is 12.1 Å². The van der Waals surface area contributed by atoms with Crippen LogP contribution in [-0.4, -0.2) is 23.3 Å². The van der Waals surface area contributed by atoms with Crippen molar-refractivity contribution in [2.45, 2.75) is 51.1 Å². The highest BCUT2D eigenvalue weighted by Gasteiger charge is 2.36. The van der Waals surface area contributed by atoms with Crippen molar-refractivity contribution in [3.05, 3.63) is 35.4 Å². The van der Waals surface area contributed by atoms with Crippen LogP contribution in [0.4, 0.5) is 8.78 Å². The number of ketones is 1. The molecule has 2 nitrogen and oxygen atoms in total. The topological polar surface area (TPSA) is 20.3 Å². The van der Waals surface area contributed by atoms with Gasteiger partial charge in [0.1, 0.15) is 5.78 Å². The van der Waals surface area contributed by atoms with Crippen LogP contribution in [0.25, 0.3) is 0 Å². The monoisotopic (exact) mass is 293 g/mol. The molecule has 21 heavy (non-hydrogen) atoms. The van der Waals surface area contributed by atoms with E-state index in [9.17, 15) is 13.6 Å².